The van der Waals surface area contributed by atoms with E-state index in [1.165, 1.54) is 36.2 Å². The quantitative estimate of drug-likeness (QED) is 0.804. The summed E-state index contributed by atoms with van der Waals surface area (Å²) in [5, 5.41) is 0. The molecule has 1 aromatic carbocycles. The van der Waals surface area contributed by atoms with Crippen LogP contribution in [0.2, 0.25) is 0 Å². The van der Waals surface area contributed by atoms with E-state index >= 15 is 0 Å². The minimum absolute atomic E-state index is 0.0608. The first-order chi connectivity index (χ1) is 10.9. The Morgan fingerprint density at radius 2 is 1.96 bits per heavy atom. The van der Waals surface area contributed by atoms with E-state index in [-0.39, 0.29) is 18.0 Å². The van der Waals surface area contributed by atoms with E-state index in [9.17, 15) is 18.0 Å². The summed E-state index contributed by atoms with van der Waals surface area (Å²) in [6, 6.07) is 8.74. The van der Waals surface area contributed by atoms with Gasteiger partial charge in [0.1, 0.15) is 0 Å². The molecule has 3 nitrogen and oxygen atoms in total. The molecular weight excluding hydrogens is 305 g/mol. The molecule has 0 bridgehead atoms. The third-order valence-corrected chi connectivity index (χ3v) is 3.21. The van der Waals surface area contributed by atoms with Gasteiger partial charge in [0.15, 0.2) is 0 Å². The van der Waals surface area contributed by atoms with E-state index in [1.54, 1.807) is 30.6 Å². The minimum Gasteiger partial charge on any atom is -0.338 e. The number of halogens is 3. The molecule has 0 fully saturated rings. The Morgan fingerprint density at radius 3 is 2.61 bits per heavy atom. The normalized spacial score (nSPS) is 11.7. The highest BCUT2D eigenvalue weighted by atomic mass is 19.4. The molecule has 0 saturated heterocycles. The van der Waals surface area contributed by atoms with Crippen LogP contribution in [-0.4, -0.2) is 22.8 Å². The second kappa shape index (κ2) is 7.09. The van der Waals surface area contributed by atoms with Gasteiger partial charge in [-0.05, 0) is 29.3 Å². The number of hydrogen-bond donors (Lipinski definition) is 0. The van der Waals surface area contributed by atoms with Crippen LogP contribution in [0.15, 0.2) is 54.9 Å². The number of likely N-dealkylation sites (N-methyl/N-ethyl adjacent to an activating group) is 1. The van der Waals surface area contributed by atoms with Gasteiger partial charge in [-0.15, -0.1) is 0 Å². The fourth-order valence-electron chi connectivity index (χ4n) is 2.04. The number of carbonyl (C=O) groups excluding carboxylic acids is 1. The van der Waals surface area contributed by atoms with Crippen molar-refractivity contribution in [2.75, 3.05) is 7.05 Å². The van der Waals surface area contributed by atoms with E-state index in [1.807, 2.05) is 0 Å². The molecule has 2 aromatic rings. The second-order valence-corrected chi connectivity index (χ2v) is 4.97. The van der Waals surface area contributed by atoms with Crippen LogP contribution in [0.25, 0.3) is 6.08 Å². The zero-order valence-electron chi connectivity index (χ0n) is 12.4. The standard InChI is InChI=1S/C17H15F3N2O/c1-22(16(23)9-8-13-5-4-10-21-11-13)12-14-6-2-3-7-15(14)17(18,19)20/h2-11H,12H2,1H3/b9-8+. The second-order valence-electron chi connectivity index (χ2n) is 4.97. The summed E-state index contributed by atoms with van der Waals surface area (Å²) < 4.78 is 38.8. The third-order valence-electron chi connectivity index (χ3n) is 3.21. The molecule has 1 amide bonds. The number of benzene rings is 1. The highest BCUT2D eigenvalue weighted by Crippen LogP contribution is 2.32. The van der Waals surface area contributed by atoms with Crippen molar-refractivity contribution in [2.24, 2.45) is 0 Å². The monoisotopic (exact) mass is 320 g/mol. The van der Waals surface area contributed by atoms with Gasteiger partial charge in [-0.3, -0.25) is 9.78 Å². The number of hydrogen-bond acceptors (Lipinski definition) is 2. The van der Waals surface area contributed by atoms with Crippen molar-refractivity contribution < 1.29 is 18.0 Å². The number of rotatable bonds is 4. The molecule has 1 aromatic heterocycles. The molecule has 1 heterocycles. The van der Waals surface area contributed by atoms with Gasteiger partial charge >= 0.3 is 6.18 Å². The Labute approximate surface area is 132 Å². The number of alkyl halides is 3. The molecule has 0 atom stereocenters. The maximum atomic E-state index is 12.9. The van der Waals surface area contributed by atoms with Gasteiger partial charge in [0.05, 0.1) is 5.56 Å². The maximum Gasteiger partial charge on any atom is 0.416 e. The Balaban J connectivity index is 2.09. The lowest BCUT2D eigenvalue weighted by atomic mass is 10.1. The van der Waals surface area contributed by atoms with E-state index < -0.39 is 11.7 Å². The lowest BCUT2D eigenvalue weighted by molar-refractivity contribution is -0.139. The Hall–Kier alpha value is -2.63. The van der Waals surface area contributed by atoms with Crippen molar-refractivity contribution in [2.45, 2.75) is 12.7 Å². The summed E-state index contributed by atoms with van der Waals surface area (Å²) in [6.07, 6.45) is 1.64. The van der Waals surface area contributed by atoms with Gasteiger partial charge in [0.25, 0.3) is 0 Å². The van der Waals surface area contributed by atoms with E-state index in [0.29, 0.717) is 0 Å². The summed E-state index contributed by atoms with van der Waals surface area (Å²) in [7, 11) is 1.46. The number of nitrogens with zero attached hydrogens (tertiary/aromatic N) is 2. The molecule has 6 heteroatoms. The predicted molar refractivity (Wildman–Crippen MR) is 81.2 cm³/mol. The summed E-state index contributed by atoms with van der Waals surface area (Å²) in [6.45, 7) is -0.119. The fraction of sp³-hybridized carbons (Fsp3) is 0.176. The summed E-state index contributed by atoms with van der Waals surface area (Å²) >= 11 is 0. The molecule has 0 saturated carbocycles. The molecule has 0 N–H and O–H groups in total. The van der Waals surface area contributed by atoms with Crippen molar-refractivity contribution in [3.63, 3.8) is 0 Å². The summed E-state index contributed by atoms with van der Waals surface area (Å²) in [5.41, 5.74) is 0.0754. The molecule has 0 aliphatic rings. The third kappa shape index (κ3) is 4.67. The number of pyridine rings is 1. The highest BCUT2D eigenvalue weighted by Gasteiger charge is 2.33. The van der Waals surface area contributed by atoms with Crippen LogP contribution in [0.1, 0.15) is 16.7 Å². The Kier molecular flexibility index (Phi) is 5.16. The first-order valence-corrected chi connectivity index (χ1v) is 6.86. The average Bonchev–Trinajstić information content (AvgIpc) is 2.53. The molecule has 0 radical (unpaired) electrons. The van der Waals surface area contributed by atoms with Gasteiger partial charge in [0, 0.05) is 32.1 Å². The zero-order chi connectivity index (χ0) is 16.9. The van der Waals surface area contributed by atoms with Crippen molar-refractivity contribution in [1.29, 1.82) is 0 Å². The number of carbonyl (C=O) groups is 1. The van der Waals surface area contributed by atoms with Gasteiger partial charge in [-0.25, -0.2) is 0 Å². The van der Waals surface area contributed by atoms with E-state index in [2.05, 4.69) is 4.98 Å². The minimum atomic E-state index is -4.44. The largest absolute Gasteiger partial charge is 0.416 e. The highest BCUT2D eigenvalue weighted by molar-refractivity contribution is 5.91. The molecule has 120 valence electrons. The Morgan fingerprint density at radius 1 is 1.22 bits per heavy atom. The molecule has 0 aliphatic heterocycles. The zero-order valence-corrected chi connectivity index (χ0v) is 12.4. The van der Waals surface area contributed by atoms with E-state index in [4.69, 9.17) is 0 Å². The van der Waals surface area contributed by atoms with Crippen LogP contribution in [-0.2, 0) is 17.5 Å². The average molecular weight is 320 g/mol. The van der Waals surface area contributed by atoms with Gasteiger partial charge in [-0.1, -0.05) is 24.3 Å². The fourth-order valence-corrected chi connectivity index (χ4v) is 2.04. The SMILES string of the molecule is CN(Cc1ccccc1C(F)(F)F)C(=O)/C=C/c1cccnc1. The van der Waals surface area contributed by atoms with Crippen LogP contribution < -0.4 is 0 Å². The van der Waals surface area contributed by atoms with Crippen LogP contribution in [0, 0.1) is 0 Å². The maximum absolute atomic E-state index is 12.9. The van der Waals surface area contributed by atoms with Crippen LogP contribution >= 0.6 is 0 Å². The number of aromatic nitrogens is 1. The van der Waals surface area contributed by atoms with E-state index in [0.717, 1.165) is 11.6 Å². The molecule has 0 unspecified atom stereocenters. The van der Waals surface area contributed by atoms with Gasteiger partial charge < -0.3 is 4.90 Å². The van der Waals surface area contributed by atoms with Crippen molar-refractivity contribution in [3.05, 3.63) is 71.6 Å². The van der Waals surface area contributed by atoms with Crippen LogP contribution in [0.5, 0.6) is 0 Å². The van der Waals surface area contributed by atoms with Crippen LogP contribution in [0.3, 0.4) is 0 Å². The first kappa shape index (κ1) is 16.7. The van der Waals surface area contributed by atoms with Crippen LogP contribution in [0.4, 0.5) is 13.2 Å². The smallest absolute Gasteiger partial charge is 0.338 e. The van der Waals surface area contributed by atoms with Crippen molar-refractivity contribution in [1.82, 2.24) is 9.88 Å². The van der Waals surface area contributed by atoms with Crippen molar-refractivity contribution in [3.8, 4) is 0 Å². The lowest BCUT2D eigenvalue weighted by Gasteiger charge is -2.19. The molecular formula is C17H15F3N2O. The molecule has 2 rings (SSSR count). The van der Waals surface area contributed by atoms with Crippen molar-refractivity contribution >= 4 is 12.0 Å². The molecule has 0 aliphatic carbocycles. The Bertz CT molecular complexity index is 696. The molecule has 23 heavy (non-hydrogen) atoms. The summed E-state index contributed by atoms with van der Waals surface area (Å²) in [4.78, 5) is 17.2. The summed E-state index contributed by atoms with van der Waals surface area (Å²) in [5.74, 6) is -0.383. The number of amides is 1. The van der Waals surface area contributed by atoms with Gasteiger partial charge in [0.2, 0.25) is 5.91 Å². The predicted octanol–water partition coefficient (Wildman–Crippen LogP) is 3.77. The topological polar surface area (TPSA) is 33.2 Å². The first-order valence-electron chi connectivity index (χ1n) is 6.86. The molecule has 0 spiro atoms. The van der Waals surface area contributed by atoms with Gasteiger partial charge in [-0.2, -0.15) is 13.2 Å². The lowest BCUT2D eigenvalue weighted by Crippen LogP contribution is -2.25.